The van der Waals surface area contributed by atoms with Gasteiger partial charge >= 0.3 is 0 Å². The number of H-pyrrole nitrogens is 1. The lowest BCUT2D eigenvalue weighted by Gasteiger charge is -2.24. The van der Waals surface area contributed by atoms with Crippen LogP contribution in [0.4, 0.5) is 5.82 Å². The highest BCUT2D eigenvalue weighted by atomic mass is 35.5. The number of para-hydroxylation sites is 1. The molecule has 3 N–H and O–H groups in total. The topological polar surface area (TPSA) is 134 Å². The summed E-state index contributed by atoms with van der Waals surface area (Å²) in [5, 5.41) is 3.81. The molecule has 5 aromatic rings. The van der Waals surface area contributed by atoms with Gasteiger partial charge in [-0.3, -0.25) is 14.2 Å². The van der Waals surface area contributed by atoms with Crippen molar-refractivity contribution in [3.05, 3.63) is 98.4 Å². The summed E-state index contributed by atoms with van der Waals surface area (Å²) in [4.78, 5) is 38.3. The Labute approximate surface area is 223 Å². The van der Waals surface area contributed by atoms with Crippen molar-refractivity contribution >= 4 is 49.0 Å². The van der Waals surface area contributed by atoms with Crippen LogP contribution >= 0.6 is 11.6 Å². The normalized spacial score (nSPS) is 14.0. The highest BCUT2D eigenvalue weighted by Gasteiger charge is 2.27. The van der Waals surface area contributed by atoms with Gasteiger partial charge < -0.3 is 10.3 Å². The molecule has 2 aromatic carbocycles. The van der Waals surface area contributed by atoms with E-state index in [1.807, 2.05) is 13.0 Å². The van der Waals surface area contributed by atoms with E-state index in [4.69, 9.17) is 16.4 Å². The first-order valence-electron chi connectivity index (χ1n) is 11.9. The standard InChI is InChI=1S/C27H25ClN6O3S/c1-15(2)38(29,37)20-11-7-10-18-21(20)27(36)34(17-8-5-4-6-9-17)24(23(18)28)16(3)33-26-22-19(35)12-13-30-25(22)31-14-32-26/h4-16,29H,1-3H3,(H2,30,31,32,33,35)/t16-,38?/m0/s1. The summed E-state index contributed by atoms with van der Waals surface area (Å²) < 4.78 is 23.5. The van der Waals surface area contributed by atoms with Crippen LogP contribution in [0.2, 0.25) is 5.02 Å². The van der Waals surface area contributed by atoms with Crippen LogP contribution in [0.1, 0.15) is 32.5 Å². The first-order valence-corrected chi connectivity index (χ1v) is 13.9. The van der Waals surface area contributed by atoms with Crippen LogP contribution in [-0.4, -0.2) is 29.0 Å². The van der Waals surface area contributed by atoms with E-state index in [9.17, 15) is 13.8 Å². The van der Waals surface area contributed by atoms with Crippen LogP contribution in [0, 0.1) is 4.78 Å². The number of pyridine rings is 2. The van der Waals surface area contributed by atoms with E-state index in [-0.39, 0.29) is 31.9 Å². The number of anilines is 1. The number of aromatic amines is 1. The fraction of sp³-hybridized carbons (Fsp3) is 0.185. The molecule has 38 heavy (non-hydrogen) atoms. The van der Waals surface area contributed by atoms with Gasteiger partial charge in [0.05, 0.1) is 36.8 Å². The van der Waals surface area contributed by atoms with Gasteiger partial charge in [0.25, 0.3) is 5.56 Å². The zero-order valence-corrected chi connectivity index (χ0v) is 22.4. The third-order valence-electron chi connectivity index (χ3n) is 6.46. The minimum atomic E-state index is -3.30. The van der Waals surface area contributed by atoms with Gasteiger partial charge in [-0.15, -0.1) is 0 Å². The summed E-state index contributed by atoms with van der Waals surface area (Å²) >= 11 is 7.03. The number of nitrogens with one attached hydrogen (secondary N) is 3. The zero-order valence-electron chi connectivity index (χ0n) is 20.9. The molecule has 0 radical (unpaired) electrons. The second-order valence-corrected chi connectivity index (χ2v) is 12.1. The van der Waals surface area contributed by atoms with Crippen molar-refractivity contribution in [2.24, 2.45) is 0 Å². The van der Waals surface area contributed by atoms with Crippen molar-refractivity contribution in [1.29, 1.82) is 4.78 Å². The summed E-state index contributed by atoms with van der Waals surface area (Å²) in [6.45, 7) is 5.20. The molecule has 11 heteroatoms. The summed E-state index contributed by atoms with van der Waals surface area (Å²) in [5.41, 5.74) is 0.637. The number of halogens is 1. The molecule has 0 fully saturated rings. The Morgan fingerprint density at radius 3 is 2.45 bits per heavy atom. The Morgan fingerprint density at radius 2 is 1.74 bits per heavy atom. The number of hydrogen-bond acceptors (Lipinski definition) is 7. The van der Waals surface area contributed by atoms with Crippen LogP contribution < -0.4 is 16.3 Å². The van der Waals surface area contributed by atoms with Gasteiger partial charge in [-0.05, 0) is 39.0 Å². The molecule has 194 valence electrons. The van der Waals surface area contributed by atoms with Crippen LogP contribution in [0.3, 0.4) is 0 Å². The Morgan fingerprint density at radius 1 is 1.00 bits per heavy atom. The first-order chi connectivity index (χ1) is 18.1. The van der Waals surface area contributed by atoms with Crippen molar-refractivity contribution in [2.45, 2.75) is 37.0 Å². The molecule has 3 aromatic heterocycles. The van der Waals surface area contributed by atoms with Gasteiger partial charge in [0, 0.05) is 28.6 Å². The summed E-state index contributed by atoms with van der Waals surface area (Å²) in [6, 6.07) is 14.7. The van der Waals surface area contributed by atoms with E-state index < -0.39 is 26.6 Å². The maximum absolute atomic E-state index is 14.2. The Hall–Kier alpha value is -4.02. The number of nitrogens with zero attached hydrogens (tertiary/aromatic N) is 3. The number of aromatic nitrogens is 4. The monoisotopic (exact) mass is 548 g/mol. The Balaban J connectivity index is 1.82. The van der Waals surface area contributed by atoms with Gasteiger partial charge in [-0.25, -0.2) is 19.0 Å². The van der Waals surface area contributed by atoms with E-state index in [2.05, 4.69) is 20.3 Å². The first kappa shape index (κ1) is 25.6. The molecular formula is C27H25ClN6O3S. The maximum atomic E-state index is 14.2. The van der Waals surface area contributed by atoms with E-state index in [1.54, 1.807) is 56.3 Å². The summed E-state index contributed by atoms with van der Waals surface area (Å²) in [7, 11) is -3.30. The molecule has 5 rings (SSSR count). The molecule has 0 aliphatic rings. The molecular weight excluding hydrogens is 524 g/mol. The largest absolute Gasteiger partial charge is 0.361 e. The molecule has 0 spiro atoms. The molecule has 2 atom stereocenters. The predicted molar refractivity (Wildman–Crippen MR) is 151 cm³/mol. The smallest absolute Gasteiger partial charge is 0.264 e. The molecule has 9 nitrogen and oxygen atoms in total. The van der Waals surface area contributed by atoms with E-state index >= 15 is 0 Å². The van der Waals surface area contributed by atoms with Crippen LogP contribution in [0.5, 0.6) is 0 Å². The lowest BCUT2D eigenvalue weighted by atomic mass is 10.1. The predicted octanol–water partition coefficient (Wildman–Crippen LogP) is 5.26. The highest BCUT2D eigenvalue weighted by molar-refractivity contribution is 7.93. The number of hydrogen-bond donors (Lipinski definition) is 3. The minimum absolute atomic E-state index is 0.148. The lowest BCUT2D eigenvalue weighted by Crippen LogP contribution is -2.28. The molecule has 0 saturated carbocycles. The van der Waals surface area contributed by atoms with Gasteiger partial charge in [0.2, 0.25) is 0 Å². The van der Waals surface area contributed by atoms with Crippen molar-refractivity contribution in [3.63, 3.8) is 0 Å². The van der Waals surface area contributed by atoms with Crippen molar-refractivity contribution in [3.8, 4) is 5.69 Å². The molecule has 0 aliphatic heterocycles. The second-order valence-electron chi connectivity index (χ2n) is 9.16. The molecule has 0 bridgehead atoms. The lowest BCUT2D eigenvalue weighted by molar-refractivity contribution is 0.668. The number of fused-ring (bicyclic) bond motifs is 2. The van der Waals surface area contributed by atoms with Crippen LogP contribution in [0.15, 0.2) is 81.6 Å². The molecule has 3 heterocycles. The summed E-state index contributed by atoms with van der Waals surface area (Å²) in [6.07, 6.45) is 2.85. The van der Waals surface area contributed by atoms with Gasteiger partial charge in [0.1, 0.15) is 23.2 Å². The minimum Gasteiger partial charge on any atom is -0.361 e. The summed E-state index contributed by atoms with van der Waals surface area (Å²) in [5.74, 6) is 0.287. The van der Waals surface area contributed by atoms with E-state index in [0.717, 1.165) is 0 Å². The van der Waals surface area contributed by atoms with E-state index in [1.165, 1.54) is 23.2 Å². The van der Waals surface area contributed by atoms with Gasteiger partial charge in [-0.1, -0.05) is 41.9 Å². The van der Waals surface area contributed by atoms with Gasteiger partial charge in [-0.2, -0.15) is 0 Å². The highest BCUT2D eigenvalue weighted by Crippen LogP contribution is 2.35. The quantitative estimate of drug-likeness (QED) is 0.265. The SMILES string of the molecule is CC(C)S(=N)(=O)c1cccc2c(Cl)c([C@H](C)Nc3ncnc4[nH]ccc(=O)c34)n(-c3ccccc3)c(=O)c12. The molecule has 0 saturated heterocycles. The third-order valence-corrected chi connectivity index (χ3v) is 9.18. The van der Waals surface area contributed by atoms with Crippen molar-refractivity contribution in [1.82, 2.24) is 19.5 Å². The second kappa shape index (κ2) is 9.70. The molecule has 0 aliphatic carbocycles. The molecule has 1 unspecified atom stereocenters. The third kappa shape index (κ3) is 4.15. The Kier molecular flexibility index (Phi) is 6.54. The zero-order chi connectivity index (χ0) is 27.2. The van der Waals surface area contributed by atoms with E-state index in [0.29, 0.717) is 22.4 Å². The Bertz CT molecular complexity index is 1910. The van der Waals surface area contributed by atoms with Crippen LogP contribution in [-0.2, 0) is 9.73 Å². The van der Waals surface area contributed by atoms with Gasteiger partial charge in [0.15, 0.2) is 5.43 Å². The number of rotatable bonds is 6. The van der Waals surface area contributed by atoms with Crippen molar-refractivity contribution < 1.29 is 4.21 Å². The fourth-order valence-corrected chi connectivity index (χ4v) is 6.20. The van der Waals surface area contributed by atoms with Crippen LogP contribution in [0.25, 0.3) is 27.5 Å². The van der Waals surface area contributed by atoms with Crippen molar-refractivity contribution in [2.75, 3.05) is 5.32 Å². The maximum Gasteiger partial charge on any atom is 0.264 e. The number of benzene rings is 2. The fourth-order valence-electron chi connectivity index (χ4n) is 4.51. The average Bonchev–Trinajstić information content (AvgIpc) is 2.90. The average molecular weight is 549 g/mol. The molecule has 0 amide bonds.